The minimum atomic E-state index is -0.117. The van der Waals surface area contributed by atoms with Gasteiger partial charge in [-0.3, -0.25) is 4.79 Å². The summed E-state index contributed by atoms with van der Waals surface area (Å²) in [5.41, 5.74) is 2.67. The van der Waals surface area contributed by atoms with Crippen LogP contribution in [0.5, 0.6) is 0 Å². The van der Waals surface area contributed by atoms with Crippen LogP contribution in [0.15, 0.2) is 47.7 Å². The van der Waals surface area contributed by atoms with Crippen molar-refractivity contribution in [1.29, 1.82) is 0 Å². The summed E-state index contributed by atoms with van der Waals surface area (Å²) in [6.45, 7) is 0. The fourth-order valence-corrected chi connectivity index (χ4v) is 2.08. The Balaban J connectivity index is 2.14. The lowest BCUT2D eigenvalue weighted by Crippen LogP contribution is -2.08. The number of hydrogen-bond donors (Lipinski definition) is 1. The highest BCUT2D eigenvalue weighted by atomic mass is 16.1. The molecule has 3 rings (SSSR count). The summed E-state index contributed by atoms with van der Waals surface area (Å²) in [6, 6.07) is 9.87. The molecular weight excluding hydrogens is 240 g/mol. The predicted molar refractivity (Wildman–Crippen MR) is 76.0 cm³/mol. The topological polar surface area (TPSA) is 53.9 Å². The normalized spacial score (nSPS) is 10.8. The number of benzene rings is 1. The molecule has 0 aliphatic carbocycles. The Hall–Kier alpha value is -2.56. The maximum absolute atomic E-state index is 11.7. The van der Waals surface area contributed by atoms with E-state index in [2.05, 4.69) is 9.97 Å². The molecule has 3 aromatic rings. The molecule has 0 bridgehead atoms. The summed E-state index contributed by atoms with van der Waals surface area (Å²) in [6.07, 6.45) is 3.28. The molecule has 0 aliphatic heterocycles. The fourth-order valence-electron chi connectivity index (χ4n) is 2.08. The Kier molecular flexibility index (Phi) is 2.59. The molecule has 2 aromatic heterocycles. The molecule has 0 spiro atoms. The van der Waals surface area contributed by atoms with Crippen molar-refractivity contribution < 1.29 is 0 Å². The first-order valence-corrected chi connectivity index (χ1v) is 5.99. The molecule has 5 heteroatoms. The van der Waals surface area contributed by atoms with E-state index in [1.165, 1.54) is 6.33 Å². The van der Waals surface area contributed by atoms with Crippen LogP contribution in [0.1, 0.15) is 0 Å². The van der Waals surface area contributed by atoms with Gasteiger partial charge in [0.1, 0.15) is 0 Å². The zero-order chi connectivity index (χ0) is 13.4. The second-order valence-electron chi connectivity index (χ2n) is 4.57. The first-order valence-electron chi connectivity index (χ1n) is 5.99. The summed E-state index contributed by atoms with van der Waals surface area (Å²) in [7, 11) is 4.00. The minimum absolute atomic E-state index is 0.117. The van der Waals surface area contributed by atoms with E-state index in [4.69, 9.17) is 0 Å². The Morgan fingerprint density at radius 2 is 1.89 bits per heavy atom. The minimum Gasteiger partial charge on any atom is -0.378 e. The number of aromatic amines is 1. The van der Waals surface area contributed by atoms with Crippen molar-refractivity contribution in [2.24, 2.45) is 0 Å². The van der Waals surface area contributed by atoms with E-state index in [0.29, 0.717) is 11.0 Å². The van der Waals surface area contributed by atoms with Crippen LogP contribution < -0.4 is 10.5 Å². The van der Waals surface area contributed by atoms with Gasteiger partial charge in [-0.2, -0.15) is 0 Å². The molecule has 5 nitrogen and oxygen atoms in total. The number of nitrogens with zero attached hydrogens (tertiary/aromatic N) is 3. The maximum Gasteiger partial charge on any atom is 0.260 e. The van der Waals surface area contributed by atoms with Crippen molar-refractivity contribution in [3.63, 3.8) is 0 Å². The highest BCUT2D eigenvalue weighted by Gasteiger charge is 2.07. The van der Waals surface area contributed by atoms with E-state index < -0.39 is 0 Å². The summed E-state index contributed by atoms with van der Waals surface area (Å²) in [4.78, 5) is 20.5. The molecule has 0 aliphatic rings. The molecular formula is C14H14N4O. The number of H-pyrrole nitrogens is 1. The molecule has 96 valence electrons. The van der Waals surface area contributed by atoms with Crippen molar-refractivity contribution in [3.05, 3.63) is 53.2 Å². The molecule has 2 heterocycles. The smallest absolute Gasteiger partial charge is 0.260 e. The molecule has 1 aromatic carbocycles. The Labute approximate surface area is 110 Å². The Morgan fingerprint density at radius 3 is 2.58 bits per heavy atom. The number of aromatic nitrogens is 3. The number of anilines is 1. The number of hydrogen-bond acceptors (Lipinski definition) is 3. The zero-order valence-electron chi connectivity index (χ0n) is 10.8. The first kappa shape index (κ1) is 11.5. The van der Waals surface area contributed by atoms with Gasteiger partial charge in [-0.1, -0.05) is 0 Å². The third kappa shape index (κ3) is 1.89. The van der Waals surface area contributed by atoms with Crippen LogP contribution in [0.3, 0.4) is 0 Å². The molecule has 0 atom stereocenters. The van der Waals surface area contributed by atoms with Gasteiger partial charge in [0.15, 0.2) is 5.65 Å². The average molecular weight is 254 g/mol. The molecule has 0 radical (unpaired) electrons. The largest absolute Gasteiger partial charge is 0.378 e. The van der Waals surface area contributed by atoms with Gasteiger partial charge in [-0.25, -0.2) is 4.98 Å². The van der Waals surface area contributed by atoms with Gasteiger partial charge in [-0.15, -0.1) is 0 Å². The van der Waals surface area contributed by atoms with Crippen molar-refractivity contribution in [2.75, 3.05) is 19.0 Å². The maximum atomic E-state index is 11.7. The van der Waals surface area contributed by atoms with Crippen LogP contribution in [-0.2, 0) is 0 Å². The average Bonchev–Trinajstić information content (AvgIpc) is 2.84. The van der Waals surface area contributed by atoms with Gasteiger partial charge >= 0.3 is 0 Å². The lowest BCUT2D eigenvalue weighted by molar-refractivity contribution is 1.06. The van der Waals surface area contributed by atoms with Gasteiger partial charge in [0, 0.05) is 31.7 Å². The molecule has 1 N–H and O–H groups in total. The monoisotopic (exact) mass is 254 g/mol. The second kappa shape index (κ2) is 4.28. The molecule has 0 unspecified atom stereocenters. The fraction of sp³-hybridized carbons (Fsp3) is 0.143. The van der Waals surface area contributed by atoms with Crippen molar-refractivity contribution in [3.8, 4) is 5.69 Å². The molecule has 0 amide bonds. The first-order chi connectivity index (χ1) is 9.16. The highest BCUT2D eigenvalue weighted by molar-refractivity contribution is 5.76. The highest BCUT2D eigenvalue weighted by Crippen LogP contribution is 2.19. The number of nitrogens with one attached hydrogen (secondary N) is 1. The number of rotatable bonds is 2. The number of fused-ring (bicyclic) bond motifs is 1. The van der Waals surface area contributed by atoms with Crippen molar-refractivity contribution >= 4 is 16.7 Å². The van der Waals surface area contributed by atoms with E-state index in [0.717, 1.165) is 11.4 Å². The third-order valence-electron chi connectivity index (χ3n) is 3.13. The van der Waals surface area contributed by atoms with E-state index in [-0.39, 0.29) is 5.56 Å². The van der Waals surface area contributed by atoms with E-state index in [1.54, 1.807) is 6.07 Å². The molecule has 0 saturated carbocycles. The standard InChI is InChI=1S/C14H14N4O/c1-17(2)10-3-5-11(6-4-10)18-8-7-12-13(18)15-9-16-14(12)19/h3-9H,1-2H3,(H,15,16,19). The van der Waals surface area contributed by atoms with Gasteiger partial charge in [0.25, 0.3) is 5.56 Å². The van der Waals surface area contributed by atoms with Crippen LogP contribution in [0.4, 0.5) is 5.69 Å². The second-order valence-corrected chi connectivity index (χ2v) is 4.57. The quantitative estimate of drug-likeness (QED) is 0.758. The predicted octanol–water partition coefficient (Wildman–Crippen LogP) is 1.78. The van der Waals surface area contributed by atoms with Crippen LogP contribution in [-0.4, -0.2) is 28.6 Å². The van der Waals surface area contributed by atoms with Crippen molar-refractivity contribution in [2.45, 2.75) is 0 Å². The lowest BCUT2D eigenvalue weighted by Gasteiger charge is -2.13. The van der Waals surface area contributed by atoms with Crippen LogP contribution in [0, 0.1) is 0 Å². The van der Waals surface area contributed by atoms with Gasteiger partial charge in [0.05, 0.1) is 11.7 Å². The van der Waals surface area contributed by atoms with Gasteiger partial charge in [0.2, 0.25) is 0 Å². The van der Waals surface area contributed by atoms with Gasteiger partial charge in [-0.05, 0) is 30.3 Å². The third-order valence-corrected chi connectivity index (χ3v) is 3.13. The van der Waals surface area contributed by atoms with Crippen LogP contribution in [0.2, 0.25) is 0 Å². The van der Waals surface area contributed by atoms with Crippen LogP contribution in [0.25, 0.3) is 16.7 Å². The lowest BCUT2D eigenvalue weighted by atomic mass is 10.2. The summed E-state index contributed by atoms with van der Waals surface area (Å²) < 4.78 is 1.91. The van der Waals surface area contributed by atoms with E-state index >= 15 is 0 Å². The zero-order valence-corrected chi connectivity index (χ0v) is 10.8. The summed E-state index contributed by atoms with van der Waals surface area (Å²) >= 11 is 0. The molecule has 0 saturated heterocycles. The Bertz CT molecular complexity index is 768. The SMILES string of the molecule is CN(C)c1ccc(-n2ccc3c(=O)[nH]cnc32)cc1. The summed E-state index contributed by atoms with van der Waals surface area (Å²) in [5, 5.41) is 0.596. The molecule has 19 heavy (non-hydrogen) atoms. The van der Waals surface area contributed by atoms with Crippen molar-refractivity contribution in [1.82, 2.24) is 14.5 Å². The molecule has 0 fully saturated rings. The van der Waals surface area contributed by atoms with E-state index in [1.807, 2.05) is 54.0 Å². The summed E-state index contributed by atoms with van der Waals surface area (Å²) in [5.74, 6) is 0. The van der Waals surface area contributed by atoms with Gasteiger partial charge < -0.3 is 14.5 Å². The Morgan fingerprint density at radius 1 is 1.16 bits per heavy atom. The van der Waals surface area contributed by atoms with E-state index in [9.17, 15) is 4.79 Å². The van der Waals surface area contributed by atoms with Crippen LogP contribution >= 0.6 is 0 Å².